The number of nitro groups is 1. The standard InChI is InChI=1S/C12H12ClN3O4/c13-11-8(2-1-3-9(11)16(19)20)12(18)14-6-7-4-5-10(17)15-7/h1-3,7H,4-6H2,(H,14,18)(H,15,17). The first-order valence-electron chi connectivity index (χ1n) is 5.99. The Balaban J connectivity index is 2.04. The molecule has 1 unspecified atom stereocenters. The normalized spacial score (nSPS) is 17.6. The summed E-state index contributed by atoms with van der Waals surface area (Å²) >= 11 is 5.84. The molecule has 1 aromatic rings. The van der Waals surface area contributed by atoms with Gasteiger partial charge in [0.25, 0.3) is 11.6 Å². The first-order valence-corrected chi connectivity index (χ1v) is 6.37. The van der Waals surface area contributed by atoms with E-state index in [1.165, 1.54) is 18.2 Å². The molecule has 7 nitrogen and oxygen atoms in total. The van der Waals surface area contributed by atoms with Gasteiger partial charge in [0.2, 0.25) is 5.91 Å². The molecule has 1 aliphatic rings. The van der Waals surface area contributed by atoms with Crippen LogP contribution in [-0.2, 0) is 4.79 Å². The molecule has 20 heavy (non-hydrogen) atoms. The largest absolute Gasteiger partial charge is 0.352 e. The number of carbonyl (C=O) groups is 2. The highest BCUT2D eigenvalue weighted by Crippen LogP contribution is 2.27. The van der Waals surface area contributed by atoms with Crippen molar-refractivity contribution in [1.82, 2.24) is 10.6 Å². The van der Waals surface area contributed by atoms with E-state index in [0.29, 0.717) is 12.8 Å². The second-order valence-corrected chi connectivity index (χ2v) is 4.79. The summed E-state index contributed by atoms with van der Waals surface area (Å²) in [5.74, 6) is -0.544. The fourth-order valence-corrected chi connectivity index (χ4v) is 2.26. The molecule has 2 rings (SSSR count). The van der Waals surface area contributed by atoms with E-state index in [4.69, 9.17) is 11.6 Å². The van der Waals surface area contributed by atoms with Crippen LogP contribution in [0.25, 0.3) is 0 Å². The smallest absolute Gasteiger partial charge is 0.288 e. The summed E-state index contributed by atoms with van der Waals surface area (Å²) < 4.78 is 0. The number of nitro benzene ring substituents is 1. The Morgan fingerprint density at radius 3 is 2.90 bits per heavy atom. The zero-order valence-electron chi connectivity index (χ0n) is 10.4. The fraction of sp³-hybridized carbons (Fsp3) is 0.333. The molecule has 1 saturated heterocycles. The van der Waals surface area contributed by atoms with Crippen LogP contribution in [0, 0.1) is 10.1 Å². The van der Waals surface area contributed by atoms with Gasteiger partial charge in [-0.15, -0.1) is 0 Å². The lowest BCUT2D eigenvalue weighted by molar-refractivity contribution is -0.384. The summed E-state index contributed by atoms with van der Waals surface area (Å²) in [4.78, 5) is 33.1. The number of halogens is 1. The maximum absolute atomic E-state index is 11.9. The molecule has 0 radical (unpaired) electrons. The zero-order chi connectivity index (χ0) is 14.7. The van der Waals surface area contributed by atoms with Crippen molar-refractivity contribution in [3.05, 3.63) is 38.9 Å². The highest BCUT2D eigenvalue weighted by molar-refractivity contribution is 6.35. The third-order valence-corrected chi connectivity index (χ3v) is 3.41. The van der Waals surface area contributed by atoms with Crippen LogP contribution >= 0.6 is 11.6 Å². The molecule has 1 heterocycles. The van der Waals surface area contributed by atoms with E-state index in [-0.39, 0.29) is 34.8 Å². The summed E-state index contributed by atoms with van der Waals surface area (Å²) in [5.41, 5.74) is -0.265. The van der Waals surface area contributed by atoms with Crippen LogP contribution in [0.5, 0.6) is 0 Å². The van der Waals surface area contributed by atoms with Crippen molar-refractivity contribution in [2.24, 2.45) is 0 Å². The highest BCUT2D eigenvalue weighted by atomic mass is 35.5. The molecule has 0 saturated carbocycles. The second-order valence-electron chi connectivity index (χ2n) is 4.41. The van der Waals surface area contributed by atoms with Gasteiger partial charge in [-0.25, -0.2) is 0 Å². The minimum Gasteiger partial charge on any atom is -0.352 e. The molecule has 0 spiro atoms. The van der Waals surface area contributed by atoms with E-state index in [1.807, 2.05) is 0 Å². The molecule has 0 bridgehead atoms. The van der Waals surface area contributed by atoms with Gasteiger partial charge in [0, 0.05) is 25.1 Å². The summed E-state index contributed by atoms with van der Waals surface area (Å²) in [5, 5.41) is 15.9. The van der Waals surface area contributed by atoms with Crippen molar-refractivity contribution < 1.29 is 14.5 Å². The third-order valence-electron chi connectivity index (χ3n) is 3.01. The molecule has 8 heteroatoms. The van der Waals surface area contributed by atoms with Crippen molar-refractivity contribution in [3.63, 3.8) is 0 Å². The molecule has 1 atom stereocenters. The van der Waals surface area contributed by atoms with Crippen molar-refractivity contribution in [2.75, 3.05) is 6.54 Å². The van der Waals surface area contributed by atoms with Gasteiger partial charge >= 0.3 is 0 Å². The summed E-state index contributed by atoms with van der Waals surface area (Å²) in [7, 11) is 0. The minimum atomic E-state index is -0.643. The SMILES string of the molecule is O=C1CCC(CNC(=O)c2cccc([N+](=O)[O-])c2Cl)N1. The van der Waals surface area contributed by atoms with Gasteiger partial charge in [-0.2, -0.15) is 0 Å². The van der Waals surface area contributed by atoms with Crippen molar-refractivity contribution in [2.45, 2.75) is 18.9 Å². The fourth-order valence-electron chi connectivity index (χ4n) is 1.98. The van der Waals surface area contributed by atoms with Gasteiger partial charge in [-0.1, -0.05) is 17.7 Å². The Bertz CT molecular complexity index is 576. The van der Waals surface area contributed by atoms with E-state index >= 15 is 0 Å². The Labute approximate surface area is 119 Å². The number of hydrogen-bond donors (Lipinski definition) is 2. The van der Waals surface area contributed by atoms with E-state index < -0.39 is 10.8 Å². The number of amides is 2. The Morgan fingerprint density at radius 2 is 2.30 bits per heavy atom. The molecule has 106 valence electrons. The number of carbonyl (C=O) groups excluding carboxylic acids is 2. The van der Waals surface area contributed by atoms with Crippen molar-refractivity contribution >= 4 is 29.1 Å². The first kappa shape index (κ1) is 14.3. The van der Waals surface area contributed by atoms with Gasteiger partial charge in [0.15, 0.2) is 0 Å². The van der Waals surface area contributed by atoms with E-state index in [2.05, 4.69) is 10.6 Å². The number of rotatable bonds is 4. The molecule has 2 N–H and O–H groups in total. The maximum Gasteiger partial charge on any atom is 0.288 e. The van der Waals surface area contributed by atoms with Crippen LogP contribution in [0.3, 0.4) is 0 Å². The van der Waals surface area contributed by atoms with Crippen molar-refractivity contribution in [3.8, 4) is 0 Å². The van der Waals surface area contributed by atoms with Crippen LogP contribution in [0.1, 0.15) is 23.2 Å². The van der Waals surface area contributed by atoms with Crippen LogP contribution in [0.15, 0.2) is 18.2 Å². The zero-order valence-corrected chi connectivity index (χ0v) is 11.1. The molecule has 1 aromatic carbocycles. The average molecular weight is 298 g/mol. The number of hydrogen-bond acceptors (Lipinski definition) is 4. The van der Waals surface area contributed by atoms with Crippen LogP contribution in [0.2, 0.25) is 5.02 Å². The lowest BCUT2D eigenvalue weighted by atomic mass is 10.1. The average Bonchev–Trinajstić information content (AvgIpc) is 2.81. The number of nitrogens with zero attached hydrogens (tertiary/aromatic N) is 1. The molecule has 1 aliphatic heterocycles. The molecule has 2 amide bonds. The minimum absolute atomic E-state index is 0.0439. The van der Waals surface area contributed by atoms with Crippen LogP contribution in [-0.4, -0.2) is 29.3 Å². The molecule has 1 fully saturated rings. The summed E-state index contributed by atoms with van der Waals surface area (Å²) in [6.45, 7) is 0.267. The second kappa shape index (κ2) is 5.87. The molecule has 0 aromatic heterocycles. The van der Waals surface area contributed by atoms with Crippen LogP contribution in [0.4, 0.5) is 5.69 Å². The predicted molar refractivity (Wildman–Crippen MR) is 71.6 cm³/mol. The van der Waals surface area contributed by atoms with Gasteiger partial charge in [0.05, 0.1) is 10.5 Å². The van der Waals surface area contributed by atoms with E-state index in [9.17, 15) is 19.7 Å². The van der Waals surface area contributed by atoms with Gasteiger partial charge in [-0.3, -0.25) is 19.7 Å². The molecular weight excluding hydrogens is 286 g/mol. The van der Waals surface area contributed by atoms with E-state index in [1.54, 1.807) is 0 Å². The summed E-state index contributed by atoms with van der Waals surface area (Å²) in [6, 6.07) is 3.94. The first-order chi connectivity index (χ1) is 9.49. The third kappa shape index (κ3) is 3.05. The number of benzene rings is 1. The Morgan fingerprint density at radius 1 is 1.55 bits per heavy atom. The van der Waals surface area contributed by atoms with Gasteiger partial charge in [-0.05, 0) is 12.5 Å². The van der Waals surface area contributed by atoms with Crippen LogP contribution < -0.4 is 10.6 Å². The monoisotopic (exact) mass is 297 g/mol. The molecule has 0 aliphatic carbocycles. The van der Waals surface area contributed by atoms with Gasteiger partial charge in [0.1, 0.15) is 5.02 Å². The summed E-state index contributed by atoms with van der Waals surface area (Å²) in [6.07, 6.45) is 1.10. The topological polar surface area (TPSA) is 101 Å². The Kier molecular flexibility index (Phi) is 4.19. The lowest BCUT2D eigenvalue weighted by Gasteiger charge is -2.11. The Hall–Kier alpha value is -2.15. The quantitative estimate of drug-likeness (QED) is 0.645. The maximum atomic E-state index is 11.9. The molecular formula is C12H12ClN3O4. The lowest BCUT2D eigenvalue weighted by Crippen LogP contribution is -2.38. The predicted octanol–water partition coefficient (Wildman–Crippen LogP) is 1.26. The van der Waals surface area contributed by atoms with Gasteiger partial charge < -0.3 is 10.6 Å². The van der Waals surface area contributed by atoms with E-state index in [0.717, 1.165) is 0 Å². The highest BCUT2D eigenvalue weighted by Gasteiger charge is 2.23. The number of nitrogens with one attached hydrogen (secondary N) is 2. The van der Waals surface area contributed by atoms with Crippen molar-refractivity contribution in [1.29, 1.82) is 0 Å².